The van der Waals surface area contributed by atoms with Gasteiger partial charge in [0, 0.05) is 42.5 Å². The molecule has 0 bridgehead atoms. The van der Waals surface area contributed by atoms with Crippen molar-refractivity contribution in [3.63, 3.8) is 0 Å². The van der Waals surface area contributed by atoms with Gasteiger partial charge < -0.3 is 9.80 Å². The zero-order valence-electron chi connectivity index (χ0n) is 16.4. The van der Waals surface area contributed by atoms with Crippen molar-refractivity contribution in [1.82, 2.24) is 14.8 Å². The van der Waals surface area contributed by atoms with Gasteiger partial charge in [-0.05, 0) is 58.0 Å². The molecule has 6 heteroatoms. The molecule has 5 nitrogen and oxygen atoms in total. The molecule has 1 aromatic carbocycles. The molecule has 2 heterocycles. The smallest absolute Gasteiger partial charge is 0.227 e. The first-order chi connectivity index (χ1) is 12.4. The molecule has 2 aliphatic rings. The molecule has 26 heavy (non-hydrogen) atoms. The number of nitrogens with zero attached hydrogens (tertiary/aromatic N) is 5. The van der Waals surface area contributed by atoms with Crippen molar-refractivity contribution in [2.45, 2.75) is 34.1 Å². The van der Waals surface area contributed by atoms with Crippen LogP contribution in [-0.4, -0.2) is 59.7 Å². The van der Waals surface area contributed by atoms with Crippen LogP contribution in [0.4, 0.5) is 5.69 Å². The zero-order valence-corrected chi connectivity index (χ0v) is 17.1. The van der Waals surface area contributed by atoms with Gasteiger partial charge in [0.25, 0.3) is 0 Å². The molecule has 140 valence electrons. The molecule has 0 aliphatic carbocycles. The Kier molecular flexibility index (Phi) is 5.68. The average molecular weight is 374 g/mol. The van der Waals surface area contributed by atoms with E-state index >= 15 is 0 Å². The van der Waals surface area contributed by atoms with Crippen LogP contribution >= 0.6 is 11.6 Å². The van der Waals surface area contributed by atoms with Crippen LogP contribution in [0.3, 0.4) is 0 Å². The molecule has 1 aromatic rings. The van der Waals surface area contributed by atoms with Crippen LogP contribution in [0.2, 0.25) is 5.02 Å². The number of fused-ring (bicyclic) bond motifs is 1. The van der Waals surface area contributed by atoms with Crippen LogP contribution in [0, 0.1) is 0 Å². The van der Waals surface area contributed by atoms with E-state index in [0.29, 0.717) is 5.02 Å². The number of hydrazone groups is 1. The molecule has 2 aliphatic heterocycles. The first kappa shape index (κ1) is 18.9. The van der Waals surface area contributed by atoms with Gasteiger partial charge in [-0.2, -0.15) is 10.1 Å². The fourth-order valence-electron chi connectivity index (χ4n) is 3.25. The molecule has 1 fully saturated rings. The van der Waals surface area contributed by atoms with Crippen molar-refractivity contribution in [3.8, 4) is 0 Å². The van der Waals surface area contributed by atoms with E-state index in [1.807, 2.05) is 31.0 Å². The highest BCUT2D eigenvalue weighted by Crippen LogP contribution is 2.39. The number of hydrogen-bond acceptors (Lipinski definition) is 5. The van der Waals surface area contributed by atoms with E-state index in [4.69, 9.17) is 21.7 Å². The number of guanidine groups is 1. The lowest BCUT2D eigenvalue weighted by Gasteiger charge is -2.40. The Balaban J connectivity index is 2.17. The summed E-state index contributed by atoms with van der Waals surface area (Å²) in [7, 11) is 2.16. The summed E-state index contributed by atoms with van der Waals surface area (Å²) < 4.78 is 0. The lowest BCUT2D eigenvalue weighted by Crippen LogP contribution is -2.51. The summed E-state index contributed by atoms with van der Waals surface area (Å²) in [6.45, 7) is 12.3. The maximum absolute atomic E-state index is 6.26. The second-order valence-electron chi connectivity index (χ2n) is 7.21. The lowest BCUT2D eigenvalue weighted by atomic mass is 10.0. The summed E-state index contributed by atoms with van der Waals surface area (Å²) in [5.74, 6) is 0.900. The van der Waals surface area contributed by atoms with E-state index in [1.54, 1.807) is 0 Å². The van der Waals surface area contributed by atoms with Crippen molar-refractivity contribution in [3.05, 3.63) is 34.4 Å². The third-order valence-corrected chi connectivity index (χ3v) is 5.09. The molecule has 0 amide bonds. The molecule has 0 aromatic heterocycles. The molecule has 0 atom stereocenters. The first-order valence-electron chi connectivity index (χ1n) is 9.24. The minimum Gasteiger partial charge on any atom is -0.338 e. The molecular formula is C20H28ClN5. The topological polar surface area (TPSA) is 34.4 Å². The van der Waals surface area contributed by atoms with Crippen LogP contribution < -0.4 is 0 Å². The number of hydrogen-bond donors (Lipinski definition) is 0. The van der Waals surface area contributed by atoms with Crippen molar-refractivity contribution in [1.29, 1.82) is 0 Å². The van der Waals surface area contributed by atoms with Gasteiger partial charge in [0.1, 0.15) is 0 Å². The first-order valence-corrected chi connectivity index (χ1v) is 9.62. The summed E-state index contributed by atoms with van der Waals surface area (Å²) in [5.41, 5.74) is 5.45. The summed E-state index contributed by atoms with van der Waals surface area (Å²) >= 11 is 6.26. The van der Waals surface area contributed by atoms with Gasteiger partial charge in [-0.25, -0.2) is 4.99 Å². The Hall–Kier alpha value is -1.85. The molecule has 0 radical (unpaired) electrons. The normalized spacial score (nSPS) is 19.8. The average Bonchev–Trinajstić information content (AvgIpc) is 2.61. The summed E-state index contributed by atoms with van der Waals surface area (Å²) in [6.07, 6.45) is 0.961. The van der Waals surface area contributed by atoms with Crippen molar-refractivity contribution >= 4 is 34.7 Å². The number of allylic oxidation sites excluding steroid dienone is 1. The fourth-order valence-corrected chi connectivity index (χ4v) is 3.42. The monoisotopic (exact) mass is 373 g/mol. The van der Waals surface area contributed by atoms with E-state index in [0.717, 1.165) is 61.2 Å². The van der Waals surface area contributed by atoms with Crippen LogP contribution in [0.15, 0.2) is 33.9 Å². The van der Waals surface area contributed by atoms with Crippen molar-refractivity contribution in [2.75, 3.05) is 33.2 Å². The van der Waals surface area contributed by atoms with Gasteiger partial charge in [-0.15, -0.1) is 0 Å². The molecule has 0 N–H and O–H groups in total. The highest BCUT2D eigenvalue weighted by atomic mass is 35.5. The molecule has 3 rings (SSSR count). The van der Waals surface area contributed by atoms with Crippen LogP contribution in [-0.2, 0) is 0 Å². The Bertz CT molecular complexity index is 768. The van der Waals surface area contributed by atoms with Crippen molar-refractivity contribution in [2.24, 2.45) is 10.1 Å². The van der Waals surface area contributed by atoms with Gasteiger partial charge in [0.2, 0.25) is 5.96 Å². The predicted molar refractivity (Wildman–Crippen MR) is 111 cm³/mol. The van der Waals surface area contributed by atoms with E-state index < -0.39 is 0 Å². The predicted octanol–water partition coefficient (Wildman–Crippen LogP) is 4.43. The molecular weight excluding hydrogens is 346 g/mol. The van der Waals surface area contributed by atoms with Gasteiger partial charge in [0.15, 0.2) is 0 Å². The standard InChI is InChI=1S/C20H28ClN5/c1-6-15(4)19-17-8-7-16(21)13-18(17)22-20(26(19)23-14(2)3)25-11-9-24(5)10-12-25/h7-8,13H,6,9-12H2,1-5H3/b19-15+. The van der Waals surface area contributed by atoms with E-state index in [-0.39, 0.29) is 0 Å². The van der Waals surface area contributed by atoms with Crippen LogP contribution in [0.5, 0.6) is 0 Å². The highest BCUT2D eigenvalue weighted by molar-refractivity contribution is 6.31. The molecule has 0 saturated carbocycles. The van der Waals surface area contributed by atoms with E-state index in [1.165, 1.54) is 5.57 Å². The lowest BCUT2D eigenvalue weighted by molar-refractivity contribution is 0.204. The SMILES string of the molecule is CC/C(C)=C1\c2ccc(Cl)cc2N=C(N2CCN(C)CC2)N1N=C(C)C. The number of benzene rings is 1. The molecule has 1 saturated heterocycles. The van der Waals surface area contributed by atoms with E-state index in [9.17, 15) is 0 Å². The number of aliphatic imine (C=N–C) groups is 1. The third-order valence-electron chi connectivity index (χ3n) is 4.86. The maximum Gasteiger partial charge on any atom is 0.227 e. The van der Waals surface area contributed by atoms with Gasteiger partial charge in [0.05, 0.1) is 11.4 Å². The second kappa shape index (κ2) is 7.80. The number of piperazine rings is 1. The molecule has 0 unspecified atom stereocenters. The largest absolute Gasteiger partial charge is 0.338 e. The summed E-state index contributed by atoms with van der Waals surface area (Å²) in [5, 5.41) is 7.60. The third kappa shape index (κ3) is 3.79. The number of rotatable bonds is 2. The van der Waals surface area contributed by atoms with Crippen LogP contribution in [0.25, 0.3) is 5.70 Å². The number of halogens is 1. The van der Waals surface area contributed by atoms with Crippen molar-refractivity contribution < 1.29 is 0 Å². The van der Waals surface area contributed by atoms with Gasteiger partial charge in [-0.3, -0.25) is 0 Å². The molecule has 0 spiro atoms. The maximum atomic E-state index is 6.26. The minimum absolute atomic E-state index is 0.711. The van der Waals surface area contributed by atoms with Crippen LogP contribution in [0.1, 0.15) is 39.7 Å². The van der Waals surface area contributed by atoms with Gasteiger partial charge in [-0.1, -0.05) is 18.5 Å². The van der Waals surface area contributed by atoms with Gasteiger partial charge >= 0.3 is 0 Å². The second-order valence-corrected chi connectivity index (χ2v) is 7.64. The zero-order chi connectivity index (χ0) is 18.8. The minimum atomic E-state index is 0.711. The fraction of sp³-hybridized carbons (Fsp3) is 0.500. The summed E-state index contributed by atoms with van der Waals surface area (Å²) in [4.78, 5) is 9.66. The van der Waals surface area contributed by atoms with E-state index in [2.05, 4.69) is 36.8 Å². The Morgan fingerprint density at radius 3 is 2.46 bits per heavy atom. The number of likely N-dealkylation sites (N-methyl/N-ethyl adjacent to an activating group) is 1. The Morgan fingerprint density at radius 2 is 1.85 bits per heavy atom. The summed E-state index contributed by atoms with van der Waals surface area (Å²) in [6, 6.07) is 5.94. The quantitative estimate of drug-likeness (QED) is 0.719. The highest BCUT2D eigenvalue weighted by Gasteiger charge is 2.31. The Morgan fingerprint density at radius 1 is 1.15 bits per heavy atom. The Labute approximate surface area is 161 Å².